The number of rotatable bonds is 10. The summed E-state index contributed by atoms with van der Waals surface area (Å²) in [6, 6.07) is 0. The molecule has 2 N–H and O–H groups in total. The largest absolute Gasteiger partial charge is 0.481 e. The highest BCUT2D eigenvalue weighted by atomic mass is 32.2. The number of hydrogen-bond donors (Lipinski definition) is 2. The Hall–Kier alpha value is -1.38. The third kappa shape index (κ3) is 6.49. The van der Waals surface area contributed by atoms with Gasteiger partial charge in [-0.05, 0) is 179 Å². The quantitative estimate of drug-likeness (QED) is 0.139. The van der Waals surface area contributed by atoms with Gasteiger partial charge in [0.25, 0.3) is 0 Å². The highest BCUT2D eigenvalue weighted by Gasteiger charge is 2.71. The molecule has 0 unspecified atom stereocenters. The highest BCUT2D eigenvalue weighted by Crippen LogP contribution is 2.76. The lowest BCUT2D eigenvalue weighted by atomic mass is 9.33. The van der Waals surface area contributed by atoms with Gasteiger partial charge in [-0.1, -0.05) is 32.9 Å². The lowest BCUT2D eigenvalue weighted by molar-refractivity contribution is -0.241. The predicted octanol–water partition coefficient (Wildman–Crippen LogP) is 7.35. The van der Waals surface area contributed by atoms with Gasteiger partial charge in [-0.15, -0.1) is 0 Å². The van der Waals surface area contributed by atoms with Gasteiger partial charge in [-0.2, -0.15) is 0 Å². The Morgan fingerprint density at radius 3 is 2.24 bits per heavy atom. The minimum atomic E-state index is -1.84. The number of likely N-dealkylation sites (tertiary alicyclic amines) is 1. The van der Waals surface area contributed by atoms with Crippen LogP contribution in [-0.4, -0.2) is 93.2 Å². The van der Waals surface area contributed by atoms with Crippen molar-refractivity contribution >= 4 is 27.3 Å². The molecular formula is C43H73N3O4S. The van der Waals surface area contributed by atoms with Crippen LogP contribution in [0, 0.1) is 56.7 Å². The van der Waals surface area contributed by atoms with Crippen LogP contribution < -0.4 is 5.32 Å². The second-order valence-electron chi connectivity index (χ2n) is 20.6. The topological polar surface area (TPSA) is 90.0 Å². The van der Waals surface area contributed by atoms with E-state index in [1.807, 2.05) is 0 Å². The Morgan fingerprint density at radius 1 is 0.902 bits per heavy atom. The molecule has 4 saturated carbocycles. The third-order valence-corrected chi connectivity index (χ3v) is 19.1. The molecule has 0 bridgehead atoms. The van der Waals surface area contributed by atoms with E-state index in [2.05, 4.69) is 69.1 Å². The first-order chi connectivity index (χ1) is 23.6. The molecule has 8 heteroatoms. The zero-order valence-corrected chi connectivity index (χ0v) is 34.5. The smallest absolute Gasteiger partial charge is 0.309 e. The van der Waals surface area contributed by atoms with Gasteiger partial charge < -0.3 is 20.2 Å². The number of carboxylic acids is 1. The minimum absolute atomic E-state index is 0.000464. The molecule has 1 amide bonds. The van der Waals surface area contributed by atoms with E-state index in [1.165, 1.54) is 50.5 Å². The number of hydrogen-bond acceptors (Lipinski definition) is 5. The van der Waals surface area contributed by atoms with E-state index >= 15 is 0 Å². The second kappa shape index (κ2) is 13.4. The molecule has 2 heterocycles. The number of carboxylic acid groups (broad SMARTS) is 1. The number of fused-ring (bicyclic) bond motifs is 7. The lowest BCUT2D eigenvalue weighted by Gasteiger charge is -2.73. The predicted molar refractivity (Wildman–Crippen MR) is 211 cm³/mol. The number of carbonyl (C=O) groups excluding carboxylic acids is 1. The van der Waals surface area contributed by atoms with E-state index in [1.54, 1.807) is 13.8 Å². The molecule has 0 aromatic carbocycles. The number of allylic oxidation sites excluding steroid dienone is 1. The number of aliphatic carboxylic acids is 1. The van der Waals surface area contributed by atoms with E-state index in [0.29, 0.717) is 35.0 Å². The maximum absolute atomic E-state index is 13.8. The minimum Gasteiger partial charge on any atom is -0.481 e. The molecule has 6 rings (SSSR count). The van der Waals surface area contributed by atoms with Gasteiger partial charge in [-0.3, -0.25) is 13.8 Å². The fourth-order valence-corrected chi connectivity index (χ4v) is 15.5. The van der Waals surface area contributed by atoms with Crippen LogP contribution in [0.25, 0.3) is 0 Å². The monoisotopic (exact) mass is 728 g/mol. The van der Waals surface area contributed by atoms with Crippen LogP contribution in [0.4, 0.5) is 0 Å². The van der Waals surface area contributed by atoms with Crippen LogP contribution in [-0.2, 0) is 19.1 Å². The molecule has 6 fully saturated rings. The zero-order chi connectivity index (χ0) is 37.4. The number of nitrogens with one attached hydrogen (secondary N) is 1. The van der Waals surface area contributed by atoms with E-state index in [-0.39, 0.29) is 34.1 Å². The van der Waals surface area contributed by atoms with E-state index in [9.17, 15) is 18.9 Å². The summed E-state index contributed by atoms with van der Waals surface area (Å²) in [4.78, 5) is 30.2. The van der Waals surface area contributed by atoms with Gasteiger partial charge in [0.2, 0.25) is 5.91 Å². The van der Waals surface area contributed by atoms with Crippen LogP contribution in [0.5, 0.6) is 0 Å². The van der Waals surface area contributed by atoms with Crippen molar-refractivity contribution in [2.24, 2.45) is 56.7 Å². The van der Waals surface area contributed by atoms with Gasteiger partial charge in [0.05, 0.1) is 5.41 Å². The average Bonchev–Trinajstić information content (AvgIpc) is 3.41. The lowest BCUT2D eigenvalue weighted by Crippen LogP contribution is -2.70. The van der Waals surface area contributed by atoms with Crippen molar-refractivity contribution in [3.63, 3.8) is 0 Å². The van der Waals surface area contributed by atoms with Crippen molar-refractivity contribution in [1.29, 1.82) is 0 Å². The molecule has 0 aromatic rings. The summed E-state index contributed by atoms with van der Waals surface area (Å²) in [5.74, 6) is 7.56. The van der Waals surface area contributed by atoms with Crippen molar-refractivity contribution in [2.75, 3.05) is 50.8 Å². The van der Waals surface area contributed by atoms with E-state index in [0.717, 1.165) is 70.0 Å². The van der Waals surface area contributed by atoms with Gasteiger partial charge in [0.1, 0.15) is 0 Å². The number of carbonyl (C=O) groups is 2. The number of nitrogens with zero attached hydrogens (tertiary/aromatic N) is 2. The van der Waals surface area contributed by atoms with Crippen molar-refractivity contribution < 1.29 is 18.9 Å². The fraction of sp³-hybridized carbons (Fsp3) is 0.884. The van der Waals surface area contributed by atoms with Gasteiger partial charge in [0, 0.05) is 49.6 Å². The van der Waals surface area contributed by atoms with Gasteiger partial charge in [-0.25, -0.2) is 0 Å². The molecule has 9 atom stereocenters. The Labute approximate surface area is 311 Å². The summed E-state index contributed by atoms with van der Waals surface area (Å²) in [6.07, 6.45) is 12.3. The van der Waals surface area contributed by atoms with Crippen molar-refractivity contribution in [2.45, 2.75) is 132 Å². The number of amides is 1. The summed E-state index contributed by atoms with van der Waals surface area (Å²) >= 11 is 0. The molecule has 0 radical (unpaired) electrons. The molecule has 6 aliphatic rings. The molecule has 2 saturated heterocycles. The SMILES string of the molecule is C=C(C)[C@@H]1CC[C@]2(CNCCCN3CCS(=C)(=O)CC3)CC[C@]3(C)[C@H](CC[C@@H]4[C@@]5(C)CCN(C(=O)CC(C)(C)C(=O)O)C(C)(C)[C@@H]5CC[C@]43C)[C@@H]12. The molecular weight excluding hydrogens is 655 g/mol. The molecule has 4 aliphatic carbocycles. The molecule has 290 valence electrons. The van der Waals surface area contributed by atoms with Crippen LogP contribution in [0.3, 0.4) is 0 Å². The van der Waals surface area contributed by atoms with Gasteiger partial charge >= 0.3 is 5.97 Å². The Bertz CT molecular complexity index is 1480. The summed E-state index contributed by atoms with van der Waals surface area (Å²) in [5.41, 5.74) is 1.06. The Kier molecular flexibility index (Phi) is 10.4. The second-order valence-corrected chi connectivity index (χ2v) is 23.4. The summed E-state index contributed by atoms with van der Waals surface area (Å²) < 4.78 is 12.3. The van der Waals surface area contributed by atoms with E-state index in [4.69, 9.17) is 0 Å². The van der Waals surface area contributed by atoms with Gasteiger partial charge in [0.15, 0.2) is 0 Å². The van der Waals surface area contributed by atoms with Crippen LogP contribution in [0.1, 0.15) is 126 Å². The normalized spacial score (nSPS) is 41.9. The molecule has 0 aromatic heterocycles. The third-order valence-electron chi connectivity index (χ3n) is 17.3. The van der Waals surface area contributed by atoms with Crippen molar-refractivity contribution in [3.05, 3.63) is 12.2 Å². The average molecular weight is 728 g/mol. The number of piperidine rings is 1. The molecule has 0 spiro atoms. The van der Waals surface area contributed by atoms with Crippen LogP contribution in [0.2, 0.25) is 0 Å². The van der Waals surface area contributed by atoms with E-state index < -0.39 is 20.9 Å². The Morgan fingerprint density at radius 2 is 1.59 bits per heavy atom. The molecule has 2 aliphatic heterocycles. The summed E-state index contributed by atoms with van der Waals surface area (Å²) in [6.45, 7) is 28.6. The van der Waals surface area contributed by atoms with Crippen LogP contribution >= 0.6 is 0 Å². The first-order valence-electron chi connectivity index (χ1n) is 20.6. The standard InChI is InChI=1S/C43H73N3O4S/c1-30(2)31-14-17-43(29-44-21-11-22-45-24-26-51(10,50)27-25-45)19-18-41(8)32(36(31)43)12-13-34-40(7)20-23-46(35(47)28-38(3,4)37(48)49)39(5,6)33(40)15-16-42(34,41)9/h31-34,36,44H,1,10-29H2,2-9H3,(H,48,49)/t31-,32+,33-,34+,36+,40-,41+,42+,43+/m0/s1. The first kappa shape index (κ1) is 39.3. The summed E-state index contributed by atoms with van der Waals surface area (Å²) in [7, 11) is -1.84. The van der Waals surface area contributed by atoms with Crippen LogP contribution in [0.15, 0.2) is 12.2 Å². The maximum atomic E-state index is 13.8. The fourth-order valence-electron chi connectivity index (χ4n) is 14.1. The zero-order valence-electron chi connectivity index (χ0n) is 33.7. The van der Waals surface area contributed by atoms with Crippen molar-refractivity contribution in [3.8, 4) is 0 Å². The summed E-state index contributed by atoms with van der Waals surface area (Å²) in [5, 5.41) is 13.8. The Balaban J connectivity index is 1.18. The maximum Gasteiger partial charge on any atom is 0.309 e. The molecule has 51 heavy (non-hydrogen) atoms. The van der Waals surface area contributed by atoms with Crippen molar-refractivity contribution in [1.82, 2.24) is 15.1 Å². The first-order valence-corrected chi connectivity index (χ1v) is 22.7. The highest BCUT2D eigenvalue weighted by molar-refractivity contribution is 8.00. The molecule has 7 nitrogen and oxygen atoms in total.